The SMILES string of the molecule is c1ccc(-c2cc(-c3nc(-c4ccccc4)nc(-c4ccc5c(ccc6c7ccccc7ccc56)c4)n3)c3oc4ccccc4c3c2)cc1. The predicted molar refractivity (Wildman–Crippen MR) is 201 cm³/mol. The standard InChI is InChI=1S/C45H27N3O/c1-3-11-28(12-4-1)33-26-39-38-17-9-10-18-41(38)49-42(39)40(27-33)45-47-43(30-14-5-2-6-15-30)46-44(48-45)32-21-22-35-31(25-32)20-24-36-34-16-8-7-13-29(34)19-23-37(35)36/h1-27H. The summed E-state index contributed by atoms with van der Waals surface area (Å²) in [7, 11) is 0. The molecule has 10 aromatic rings. The lowest BCUT2D eigenvalue weighted by Crippen LogP contribution is -2.00. The van der Waals surface area contributed by atoms with Crippen LogP contribution in [0.2, 0.25) is 0 Å². The lowest BCUT2D eigenvalue weighted by atomic mass is 9.96. The number of para-hydroxylation sites is 1. The van der Waals surface area contributed by atoms with E-state index in [1.807, 2.05) is 54.6 Å². The van der Waals surface area contributed by atoms with Crippen LogP contribution in [0.5, 0.6) is 0 Å². The molecule has 0 unspecified atom stereocenters. The molecule has 0 amide bonds. The molecular weight excluding hydrogens is 599 g/mol. The Morgan fingerprint density at radius 2 is 0.918 bits per heavy atom. The molecule has 4 heteroatoms. The highest BCUT2D eigenvalue weighted by atomic mass is 16.3. The van der Waals surface area contributed by atoms with Gasteiger partial charge in [0.05, 0.1) is 5.56 Å². The molecule has 0 radical (unpaired) electrons. The third kappa shape index (κ3) is 4.57. The van der Waals surface area contributed by atoms with Crippen LogP contribution in [-0.4, -0.2) is 15.0 Å². The Labute approximate surface area is 282 Å². The van der Waals surface area contributed by atoms with Gasteiger partial charge in [-0.1, -0.05) is 140 Å². The van der Waals surface area contributed by atoms with E-state index in [2.05, 4.69) is 109 Å². The van der Waals surface area contributed by atoms with Gasteiger partial charge < -0.3 is 4.42 Å². The molecule has 49 heavy (non-hydrogen) atoms. The van der Waals surface area contributed by atoms with Crippen molar-refractivity contribution >= 4 is 54.3 Å². The maximum absolute atomic E-state index is 6.55. The molecule has 0 atom stereocenters. The molecule has 0 aliphatic rings. The van der Waals surface area contributed by atoms with Gasteiger partial charge in [-0.15, -0.1) is 0 Å². The minimum Gasteiger partial charge on any atom is -0.455 e. The average Bonchev–Trinajstić information content (AvgIpc) is 3.56. The van der Waals surface area contributed by atoms with Gasteiger partial charge in [0.15, 0.2) is 17.5 Å². The van der Waals surface area contributed by atoms with E-state index in [0.29, 0.717) is 17.5 Å². The maximum atomic E-state index is 6.55. The van der Waals surface area contributed by atoms with Crippen LogP contribution in [0.4, 0.5) is 0 Å². The molecule has 0 bridgehead atoms. The molecule has 8 aromatic carbocycles. The summed E-state index contributed by atoms with van der Waals surface area (Å²) >= 11 is 0. The Morgan fingerprint density at radius 1 is 0.327 bits per heavy atom. The molecule has 0 N–H and O–H groups in total. The third-order valence-corrected chi connectivity index (χ3v) is 9.49. The van der Waals surface area contributed by atoms with Crippen LogP contribution in [0.25, 0.3) is 99.5 Å². The van der Waals surface area contributed by atoms with E-state index in [1.54, 1.807) is 0 Å². The third-order valence-electron chi connectivity index (χ3n) is 9.49. The van der Waals surface area contributed by atoms with Crippen LogP contribution in [-0.2, 0) is 0 Å². The molecule has 4 nitrogen and oxygen atoms in total. The van der Waals surface area contributed by atoms with E-state index in [4.69, 9.17) is 19.4 Å². The van der Waals surface area contributed by atoms with Gasteiger partial charge in [0.25, 0.3) is 0 Å². The van der Waals surface area contributed by atoms with E-state index in [9.17, 15) is 0 Å². The van der Waals surface area contributed by atoms with Gasteiger partial charge in [-0.25, -0.2) is 15.0 Å². The molecule has 0 aliphatic heterocycles. The second kappa shape index (κ2) is 11.0. The Morgan fingerprint density at radius 3 is 1.71 bits per heavy atom. The van der Waals surface area contributed by atoms with Gasteiger partial charge >= 0.3 is 0 Å². The van der Waals surface area contributed by atoms with Gasteiger partial charge in [0, 0.05) is 21.9 Å². The van der Waals surface area contributed by atoms with E-state index in [-0.39, 0.29) is 0 Å². The van der Waals surface area contributed by atoms with Crippen molar-refractivity contribution in [1.82, 2.24) is 15.0 Å². The Kier molecular flexibility index (Phi) is 6.15. The van der Waals surface area contributed by atoms with Gasteiger partial charge in [0.2, 0.25) is 0 Å². The van der Waals surface area contributed by atoms with Crippen molar-refractivity contribution < 1.29 is 4.42 Å². The highest BCUT2D eigenvalue weighted by Crippen LogP contribution is 2.40. The zero-order valence-electron chi connectivity index (χ0n) is 26.3. The van der Waals surface area contributed by atoms with Gasteiger partial charge in [0.1, 0.15) is 11.2 Å². The summed E-state index contributed by atoms with van der Waals surface area (Å²) in [4.78, 5) is 15.3. The van der Waals surface area contributed by atoms with Gasteiger partial charge in [-0.3, -0.25) is 0 Å². The topological polar surface area (TPSA) is 51.8 Å². The number of aromatic nitrogens is 3. The van der Waals surface area contributed by atoms with Crippen LogP contribution in [0.15, 0.2) is 168 Å². The Hall–Kier alpha value is -6.65. The first-order chi connectivity index (χ1) is 24.3. The molecule has 0 saturated carbocycles. The number of hydrogen-bond acceptors (Lipinski definition) is 4. The smallest absolute Gasteiger partial charge is 0.167 e. The van der Waals surface area contributed by atoms with Crippen molar-refractivity contribution in [1.29, 1.82) is 0 Å². The Bertz CT molecular complexity index is 2880. The molecular formula is C45H27N3O. The molecule has 0 aliphatic carbocycles. The largest absolute Gasteiger partial charge is 0.455 e. The van der Waals surface area contributed by atoms with Gasteiger partial charge in [-0.2, -0.15) is 0 Å². The fourth-order valence-corrected chi connectivity index (χ4v) is 7.10. The zero-order valence-corrected chi connectivity index (χ0v) is 26.3. The Balaban J connectivity index is 1.21. The summed E-state index contributed by atoms with van der Waals surface area (Å²) in [5.41, 5.74) is 6.45. The highest BCUT2D eigenvalue weighted by molar-refractivity contribution is 6.17. The van der Waals surface area contributed by atoms with E-state index in [0.717, 1.165) is 55.1 Å². The fourth-order valence-electron chi connectivity index (χ4n) is 7.10. The number of nitrogens with zero attached hydrogens (tertiary/aromatic N) is 3. The number of benzene rings is 8. The van der Waals surface area contributed by atoms with E-state index >= 15 is 0 Å². The van der Waals surface area contributed by atoms with Crippen molar-refractivity contribution in [2.24, 2.45) is 0 Å². The summed E-state index contributed by atoms with van der Waals surface area (Å²) in [6.07, 6.45) is 0. The minimum absolute atomic E-state index is 0.566. The molecule has 10 rings (SSSR count). The van der Waals surface area contributed by atoms with Crippen molar-refractivity contribution in [3.8, 4) is 45.3 Å². The summed E-state index contributed by atoms with van der Waals surface area (Å²) in [5, 5.41) is 9.40. The minimum atomic E-state index is 0.566. The second-order valence-corrected chi connectivity index (χ2v) is 12.4. The zero-order chi connectivity index (χ0) is 32.3. The first-order valence-corrected chi connectivity index (χ1v) is 16.4. The lowest BCUT2D eigenvalue weighted by molar-refractivity contribution is 0.669. The van der Waals surface area contributed by atoms with Crippen molar-refractivity contribution in [3.63, 3.8) is 0 Å². The van der Waals surface area contributed by atoms with Crippen LogP contribution < -0.4 is 0 Å². The van der Waals surface area contributed by atoms with E-state index < -0.39 is 0 Å². The monoisotopic (exact) mass is 625 g/mol. The molecule has 2 heterocycles. The highest BCUT2D eigenvalue weighted by Gasteiger charge is 2.20. The van der Waals surface area contributed by atoms with Crippen molar-refractivity contribution in [2.75, 3.05) is 0 Å². The summed E-state index contributed by atoms with van der Waals surface area (Å²) in [6.45, 7) is 0. The first kappa shape index (κ1) is 27.5. The summed E-state index contributed by atoms with van der Waals surface area (Å²) < 4.78 is 6.55. The molecule has 0 spiro atoms. The number of furan rings is 1. The summed E-state index contributed by atoms with van der Waals surface area (Å²) in [6, 6.07) is 57.0. The van der Waals surface area contributed by atoms with Gasteiger partial charge in [-0.05, 0) is 67.7 Å². The number of hydrogen-bond donors (Lipinski definition) is 0. The molecule has 228 valence electrons. The second-order valence-electron chi connectivity index (χ2n) is 12.4. The normalized spacial score (nSPS) is 11.7. The maximum Gasteiger partial charge on any atom is 0.167 e. The van der Waals surface area contributed by atoms with Crippen LogP contribution in [0.1, 0.15) is 0 Å². The molecule has 2 aromatic heterocycles. The molecule has 0 fully saturated rings. The predicted octanol–water partition coefficient (Wildman–Crippen LogP) is 11.9. The number of fused-ring (bicyclic) bond motifs is 8. The summed E-state index contributed by atoms with van der Waals surface area (Å²) in [5.74, 6) is 1.79. The quantitative estimate of drug-likeness (QED) is 0.183. The first-order valence-electron chi connectivity index (χ1n) is 16.4. The fraction of sp³-hybridized carbons (Fsp3) is 0. The molecule has 0 saturated heterocycles. The van der Waals surface area contributed by atoms with Crippen LogP contribution >= 0.6 is 0 Å². The van der Waals surface area contributed by atoms with Crippen LogP contribution in [0, 0.1) is 0 Å². The average molecular weight is 626 g/mol. The lowest BCUT2D eigenvalue weighted by Gasteiger charge is -2.12. The number of rotatable bonds is 4. The van der Waals surface area contributed by atoms with E-state index in [1.165, 1.54) is 26.9 Å². The van der Waals surface area contributed by atoms with Crippen molar-refractivity contribution in [2.45, 2.75) is 0 Å². The van der Waals surface area contributed by atoms with Crippen LogP contribution in [0.3, 0.4) is 0 Å². The van der Waals surface area contributed by atoms with Crippen molar-refractivity contribution in [3.05, 3.63) is 164 Å².